The van der Waals surface area contributed by atoms with E-state index in [0.29, 0.717) is 10.8 Å². The number of aromatic nitrogens is 1. The number of pyridine rings is 1. The third-order valence-electron chi connectivity index (χ3n) is 5.17. The van der Waals surface area contributed by atoms with Gasteiger partial charge < -0.3 is 10.1 Å². The van der Waals surface area contributed by atoms with Crippen LogP contribution in [0.5, 0.6) is 0 Å². The topological polar surface area (TPSA) is 34.1 Å². The van der Waals surface area contributed by atoms with Gasteiger partial charge in [0.25, 0.3) is 0 Å². The maximum absolute atomic E-state index is 5.12. The van der Waals surface area contributed by atoms with Gasteiger partial charge in [0.15, 0.2) is 0 Å². The normalized spacial score (nSPS) is 19.6. The summed E-state index contributed by atoms with van der Waals surface area (Å²) in [5.41, 5.74) is 2.28. The highest BCUT2D eigenvalue weighted by atomic mass is 16.5. The molecule has 1 aliphatic rings. The highest BCUT2D eigenvalue weighted by molar-refractivity contribution is 5.29. The number of rotatable bonds is 8. The van der Waals surface area contributed by atoms with Gasteiger partial charge in [0, 0.05) is 38.0 Å². The Bertz CT molecular complexity index is 393. The maximum Gasteiger partial charge on any atom is 0.0587 e. The Hall–Kier alpha value is -0.930. The first kappa shape index (κ1) is 15.5. The molecular weight excluding hydrogens is 248 g/mol. The van der Waals surface area contributed by atoms with Crippen LogP contribution in [0, 0.1) is 5.41 Å². The molecule has 3 nitrogen and oxygen atoms in total. The van der Waals surface area contributed by atoms with E-state index in [4.69, 9.17) is 4.74 Å². The van der Waals surface area contributed by atoms with Gasteiger partial charge in [0.05, 0.1) is 6.61 Å². The Labute approximate surface area is 123 Å². The van der Waals surface area contributed by atoms with Crippen LogP contribution >= 0.6 is 0 Å². The molecule has 0 atom stereocenters. The molecule has 1 saturated carbocycles. The molecule has 0 unspecified atom stereocenters. The fraction of sp³-hybridized carbons (Fsp3) is 0.706. The Morgan fingerprint density at radius 2 is 1.85 bits per heavy atom. The van der Waals surface area contributed by atoms with Crippen LogP contribution in [0.4, 0.5) is 0 Å². The van der Waals surface area contributed by atoms with E-state index in [-0.39, 0.29) is 0 Å². The van der Waals surface area contributed by atoms with Crippen molar-refractivity contribution in [2.24, 2.45) is 5.41 Å². The quantitative estimate of drug-likeness (QED) is 0.741. The minimum Gasteiger partial charge on any atom is -0.383 e. The van der Waals surface area contributed by atoms with Crippen LogP contribution in [0.25, 0.3) is 0 Å². The van der Waals surface area contributed by atoms with Crippen LogP contribution in [0.1, 0.15) is 45.1 Å². The standard InChI is InChI=1S/C17H28N2O/c1-4-16(5-2)12-17(13-16,14-19-10-11-20-3)15-6-8-18-9-7-15/h6-9,19H,4-5,10-14H2,1-3H3. The summed E-state index contributed by atoms with van der Waals surface area (Å²) in [6.07, 6.45) is 8.99. The molecule has 1 heterocycles. The van der Waals surface area contributed by atoms with Gasteiger partial charge >= 0.3 is 0 Å². The molecule has 0 aromatic carbocycles. The van der Waals surface area contributed by atoms with Crippen LogP contribution in [-0.2, 0) is 10.2 Å². The molecule has 2 rings (SSSR count). The average molecular weight is 276 g/mol. The second-order valence-corrected chi connectivity index (χ2v) is 6.25. The zero-order chi connectivity index (χ0) is 14.5. The van der Waals surface area contributed by atoms with Crippen molar-refractivity contribution in [1.82, 2.24) is 10.3 Å². The maximum atomic E-state index is 5.12. The number of nitrogens with one attached hydrogen (secondary N) is 1. The molecule has 0 radical (unpaired) electrons. The molecule has 112 valence electrons. The molecule has 0 spiro atoms. The van der Waals surface area contributed by atoms with Crippen LogP contribution in [0.15, 0.2) is 24.5 Å². The molecule has 1 aliphatic carbocycles. The van der Waals surface area contributed by atoms with Gasteiger partial charge in [-0.05, 0) is 36.0 Å². The molecule has 3 heteroatoms. The Morgan fingerprint density at radius 1 is 1.20 bits per heavy atom. The van der Waals surface area contributed by atoms with E-state index in [1.54, 1.807) is 7.11 Å². The molecule has 1 N–H and O–H groups in total. The van der Waals surface area contributed by atoms with Crippen molar-refractivity contribution in [3.8, 4) is 0 Å². The lowest BCUT2D eigenvalue weighted by atomic mass is 9.48. The van der Waals surface area contributed by atoms with E-state index in [1.165, 1.54) is 31.2 Å². The van der Waals surface area contributed by atoms with Crippen molar-refractivity contribution >= 4 is 0 Å². The van der Waals surface area contributed by atoms with Gasteiger partial charge in [-0.15, -0.1) is 0 Å². The van der Waals surface area contributed by atoms with Gasteiger partial charge in [-0.2, -0.15) is 0 Å². The second kappa shape index (κ2) is 6.68. The zero-order valence-electron chi connectivity index (χ0n) is 13.1. The summed E-state index contributed by atoms with van der Waals surface area (Å²) in [5.74, 6) is 0. The van der Waals surface area contributed by atoms with Crippen molar-refractivity contribution in [3.63, 3.8) is 0 Å². The molecule has 0 bridgehead atoms. The Balaban J connectivity index is 2.07. The number of hydrogen-bond acceptors (Lipinski definition) is 3. The summed E-state index contributed by atoms with van der Waals surface area (Å²) in [4.78, 5) is 4.16. The van der Waals surface area contributed by atoms with E-state index in [0.717, 1.165) is 19.7 Å². The molecule has 1 aromatic heterocycles. The summed E-state index contributed by atoms with van der Waals surface area (Å²) in [7, 11) is 1.75. The van der Waals surface area contributed by atoms with Crippen LogP contribution in [0.3, 0.4) is 0 Å². The summed E-state index contributed by atoms with van der Waals surface area (Å²) in [6, 6.07) is 4.38. The SMILES string of the molecule is CCC1(CC)CC(CNCCOC)(c2ccncc2)C1. The first-order valence-electron chi connectivity index (χ1n) is 7.80. The smallest absolute Gasteiger partial charge is 0.0587 e. The van der Waals surface area contributed by atoms with Crippen molar-refractivity contribution in [2.75, 3.05) is 26.8 Å². The number of hydrogen-bond donors (Lipinski definition) is 1. The van der Waals surface area contributed by atoms with Crippen molar-refractivity contribution in [1.29, 1.82) is 0 Å². The number of ether oxygens (including phenoxy) is 1. The zero-order valence-corrected chi connectivity index (χ0v) is 13.1. The monoisotopic (exact) mass is 276 g/mol. The Kier molecular flexibility index (Phi) is 5.17. The van der Waals surface area contributed by atoms with Gasteiger partial charge in [-0.3, -0.25) is 4.98 Å². The van der Waals surface area contributed by atoms with E-state index in [1.807, 2.05) is 12.4 Å². The lowest BCUT2D eigenvalue weighted by molar-refractivity contribution is 0.0121. The average Bonchev–Trinajstić information content (AvgIpc) is 2.47. The van der Waals surface area contributed by atoms with Gasteiger partial charge in [-0.25, -0.2) is 0 Å². The van der Waals surface area contributed by atoms with Gasteiger partial charge in [-0.1, -0.05) is 26.7 Å². The molecule has 1 fully saturated rings. The lowest BCUT2D eigenvalue weighted by Crippen LogP contribution is -2.54. The molecule has 20 heavy (non-hydrogen) atoms. The van der Waals surface area contributed by atoms with E-state index < -0.39 is 0 Å². The third-order valence-corrected chi connectivity index (χ3v) is 5.17. The van der Waals surface area contributed by atoms with E-state index in [2.05, 4.69) is 36.3 Å². The minimum atomic E-state index is 0.294. The largest absolute Gasteiger partial charge is 0.383 e. The molecule has 0 aliphatic heterocycles. The van der Waals surface area contributed by atoms with Crippen molar-refractivity contribution in [3.05, 3.63) is 30.1 Å². The van der Waals surface area contributed by atoms with E-state index >= 15 is 0 Å². The number of nitrogens with zero attached hydrogens (tertiary/aromatic N) is 1. The van der Waals surface area contributed by atoms with Crippen molar-refractivity contribution in [2.45, 2.75) is 44.9 Å². The molecule has 0 saturated heterocycles. The predicted molar refractivity (Wildman–Crippen MR) is 82.9 cm³/mol. The predicted octanol–water partition coefficient (Wildman–Crippen LogP) is 3.16. The molecular formula is C17H28N2O. The summed E-state index contributed by atoms with van der Waals surface area (Å²) in [5, 5.41) is 3.57. The van der Waals surface area contributed by atoms with Crippen LogP contribution in [-0.4, -0.2) is 31.8 Å². The summed E-state index contributed by atoms with van der Waals surface area (Å²) >= 11 is 0. The fourth-order valence-electron chi connectivity index (χ4n) is 3.77. The van der Waals surface area contributed by atoms with E-state index in [9.17, 15) is 0 Å². The second-order valence-electron chi connectivity index (χ2n) is 6.25. The van der Waals surface area contributed by atoms with Gasteiger partial charge in [0.1, 0.15) is 0 Å². The highest BCUT2D eigenvalue weighted by Gasteiger charge is 2.52. The summed E-state index contributed by atoms with van der Waals surface area (Å²) < 4.78 is 5.12. The molecule has 1 aromatic rings. The first-order valence-corrected chi connectivity index (χ1v) is 7.80. The van der Waals surface area contributed by atoms with Crippen LogP contribution in [0.2, 0.25) is 0 Å². The minimum absolute atomic E-state index is 0.294. The first-order chi connectivity index (χ1) is 9.70. The highest BCUT2D eigenvalue weighted by Crippen LogP contribution is 2.58. The fourth-order valence-corrected chi connectivity index (χ4v) is 3.77. The Morgan fingerprint density at radius 3 is 2.40 bits per heavy atom. The van der Waals surface area contributed by atoms with Crippen molar-refractivity contribution < 1.29 is 4.74 Å². The molecule has 0 amide bonds. The third kappa shape index (κ3) is 3.04. The van der Waals surface area contributed by atoms with Crippen LogP contribution < -0.4 is 5.32 Å². The number of methoxy groups -OCH3 is 1. The summed E-state index contributed by atoms with van der Waals surface area (Å²) in [6.45, 7) is 7.41. The van der Waals surface area contributed by atoms with Gasteiger partial charge in [0.2, 0.25) is 0 Å². The lowest BCUT2D eigenvalue weighted by Gasteiger charge is -2.57.